The molecule has 20 heavy (non-hydrogen) atoms. The van der Waals surface area contributed by atoms with E-state index in [1.165, 1.54) is 6.07 Å². The summed E-state index contributed by atoms with van der Waals surface area (Å²) in [7, 11) is 0. The molecule has 0 unspecified atom stereocenters. The van der Waals surface area contributed by atoms with Gasteiger partial charge in [-0.1, -0.05) is 30.3 Å². The average molecular weight is 273 g/mol. The van der Waals surface area contributed by atoms with Gasteiger partial charge in [0.25, 0.3) is 0 Å². The predicted molar refractivity (Wildman–Crippen MR) is 75.9 cm³/mol. The fourth-order valence-corrected chi connectivity index (χ4v) is 1.79. The van der Waals surface area contributed by atoms with Crippen molar-refractivity contribution in [3.8, 4) is 0 Å². The van der Waals surface area contributed by atoms with Crippen LogP contribution in [0.5, 0.6) is 0 Å². The average Bonchev–Trinajstić information content (AvgIpc) is 2.41. The van der Waals surface area contributed by atoms with E-state index in [4.69, 9.17) is 4.74 Å². The van der Waals surface area contributed by atoms with E-state index >= 15 is 0 Å². The van der Waals surface area contributed by atoms with E-state index in [9.17, 15) is 9.18 Å². The Balaban J connectivity index is 1.80. The molecule has 3 nitrogen and oxygen atoms in total. The van der Waals surface area contributed by atoms with Crippen molar-refractivity contribution in [3.05, 3.63) is 65.5 Å². The number of hydrogen-bond acceptors (Lipinski definition) is 2. The van der Waals surface area contributed by atoms with Crippen molar-refractivity contribution in [1.82, 2.24) is 0 Å². The van der Waals surface area contributed by atoms with Gasteiger partial charge in [0, 0.05) is 11.3 Å². The van der Waals surface area contributed by atoms with Gasteiger partial charge in [-0.15, -0.1) is 0 Å². The van der Waals surface area contributed by atoms with Crippen LogP contribution >= 0.6 is 0 Å². The third-order valence-electron chi connectivity index (χ3n) is 2.75. The van der Waals surface area contributed by atoms with Crippen LogP contribution in [0.15, 0.2) is 48.5 Å². The van der Waals surface area contributed by atoms with Gasteiger partial charge in [-0.05, 0) is 30.7 Å². The molecule has 0 saturated heterocycles. The molecule has 0 spiro atoms. The maximum Gasteiger partial charge on any atom is 0.250 e. The normalized spacial score (nSPS) is 10.3. The van der Waals surface area contributed by atoms with Crippen LogP contribution in [0.4, 0.5) is 10.1 Å². The lowest BCUT2D eigenvalue weighted by Crippen LogP contribution is -2.18. The van der Waals surface area contributed by atoms with Crippen molar-refractivity contribution in [3.63, 3.8) is 0 Å². The van der Waals surface area contributed by atoms with Crippen LogP contribution in [0.2, 0.25) is 0 Å². The number of nitrogens with one attached hydrogen (secondary N) is 1. The summed E-state index contributed by atoms with van der Waals surface area (Å²) in [5.41, 5.74) is 2.23. The minimum Gasteiger partial charge on any atom is -0.367 e. The Morgan fingerprint density at radius 3 is 2.75 bits per heavy atom. The standard InChI is InChI=1S/C16H16FNO2/c1-12-5-4-7-14(9-12)18-16(19)11-20-10-13-6-2-3-8-15(13)17/h2-9H,10-11H2,1H3,(H,18,19). The molecule has 0 saturated carbocycles. The molecule has 0 fully saturated rings. The van der Waals surface area contributed by atoms with Gasteiger partial charge in [-0.3, -0.25) is 4.79 Å². The van der Waals surface area contributed by atoms with Crippen LogP contribution < -0.4 is 5.32 Å². The van der Waals surface area contributed by atoms with Gasteiger partial charge >= 0.3 is 0 Å². The second kappa shape index (κ2) is 6.82. The Hall–Kier alpha value is -2.20. The zero-order chi connectivity index (χ0) is 14.4. The van der Waals surface area contributed by atoms with E-state index < -0.39 is 0 Å². The molecular weight excluding hydrogens is 257 g/mol. The molecule has 1 N–H and O–H groups in total. The number of ether oxygens (including phenoxy) is 1. The molecule has 0 heterocycles. The van der Waals surface area contributed by atoms with Crippen molar-refractivity contribution >= 4 is 11.6 Å². The van der Waals surface area contributed by atoms with E-state index in [-0.39, 0.29) is 24.9 Å². The van der Waals surface area contributed by atoms with Crippen molar-refractivity contribution in [2.75, 3.05) is 11.9 Å². The Morgan fingerprint density at radius 1 is 1.20 bits per heavy atom. The number of hydrogen-bond donors (Lipinski definition) is 1. The molecule has 0 aliphatic heterocycles. The van der Waals surface area contributed by atoms with E-state index in [2.05, 4.69) is 5.32 Å². The van der Waals surface area contributed by atoms with Gasteiger partial charge < -0.3 is 10.1 Å². The van der Waals surface area contributed by atoms with Gasteiger partial charge in [0.2, 0.25) is 5.91 Å². The minimum atomic E-state index is -0.327. The van der Waals surface area contributed by atoms with Crippen molar-refractivity contribution < 1.29 is 13.9 Å². The lowest BCUT2D eigenvalue weighted by atomic mass is 10.2. The fraction of sp³-hybridized carbons (Fsp3) is 0.188. The molecule has 0 radical (unpaired) electrons. The van der Waals surface area contributed by atoms with Crippen molar-refractivity contribution in [2.24, 2.45) is 0 Å². The zero-order valence-corrected chi connectivity index (χ0v) is 11.2. The summed E-state index contributed by atoms with van der Waals surface area (Å²) in [6, 6.07) is 13.8. The summed E-state index contributed by atoms with van der Waals surface area (Å²) >= 11 is 0. The van der Waals surface area contributed by atoms with Crippen LogP contribution in [-0.2, 0) is 16.1 Å². The van der Waals surface area contributed by atoms with E-state index in [0.29, 0.717) is 5.56 Å². The molecule has 2 aromatic carbocycles. The Morgan fingerprint density at radius 2 is 2.00 bits per heavy atom. The van der Waals surface area contributed by atoms with E-state index in [1.807, 2.05) is 31.2 Å². The number of halogens is 1. The zero-order valence-electron chi connectivity index (χ0n) is 11.2. The molecule has 0 aliphatic rings. The summed E-state index contributed by atoms with van der Waals surface area (Å²) < 4.78 is 18.5. The number of anilines is 1. The van der Waals surface area contributed by atoms with E-state index in [1.54, 1.807) is 18.2 Å². The first-order valence-electron chi connectivity index (χ1n) is 6.33. The van der Waals surface area contributed by atoms with Gasteiger partial charge in [0.05, 0.1) is 6.61 Å². The molecule has 0 atom stereocenters. The maximum atomic E-state index is 13.3. The molecule has 0 bridgehead atoms. The molecule has 0 aliphatic carbocycles. The lowest BCUT2D eigenvalue weighted by molar-refractivity contribution is -0.121. The second-order valence-electron chi connectivity index (χ2n) is 4.50. The van der Waals surface area contributed by atoms with Gasteiger partial charge in [-0.25, -0.2) is 4.39 Å². The number of benzene rings is 2. The third-order valence-corrected chi connectivity index (χ3v) is 2.75. The lowest BCUT2D eigenvalue weighted by Gasteiger charge is -2.07. The highest BCUT2D eigenvalue weighted by Crippen LogP contribution is 2.10. The van der Waals surface area contributed by atoms with Gasteiger partial charge in [-0.2, -0.15) is 0 Å². The summed E-state index contributed by atoms with van der Waals surface area (Å²) in [6.45, 7) is 1.92. The molecule has 2 aromatic rings. The summed E-state index contributed by atoms with van der Waals surface area (Å²) in [5.74, 6) is -0.585. The second-order valence-corrected chi connectivity index (χ2v) is 4.50. The molecular formula is C16H16FNO2. The monoisotopic (exact) mass is 273 g/mol. The number of carbonyl (C=O) groups excluding carboxylic acids is 1. The molecule has 104 valence electrons. The summed E-state index contributed by atoms with van der Waals surface area (Å²) in [5, 5.41) is 2.73. The van der Waals surface area contributed by atoms with Gasteiger partial charge in [0.15, 0.2) is 0 Å². The van der Waals surface area contributed by atoms with Crippen LogP contribution in [-0.4, -0.2) is 12.5 Å². The van der Waals surface area contributed by atoms with Crippen LogP contribution in [0.1, 0.15) is 11.1 Å². The SMILES string of the molecule is Cc1cccc(NC(=O)COCc2ccccc2F)c1. The minimum absolute atomic E-state index is 0.0773. The number of amides is 1. The molecule has 1 amide bonds. The smallest absolute Gasteiger partial charge is 0.250 e. The number of carbonyl (C=O) groups is 1. The van der Waals surface area contributed by atoms with E-state index in [0.717, 1.165) is 11.3 Å². The predicted octanol–water partition coefficient (Wildman–Crippen LogP) is 3.29. The van der Waals surface area contributed by atoms with Crippen molar-refractivity contribution in [1.29, 1.82) is 0 Å². The highest BCUT2D eigenvalue weighted by Gasteiger charge is 2.05. The highest BCUT2D eigenvalue weighted by molar-refractivity contribution is 5.91. The first-order valence-corrected chi connectivity index (χ1v) is 6.33. The Labute approximate surface area is 117 Å². The Bertz CT molecular complexity index is 599. The highest BCUT2D eigenvalue weighted by atomic mass is 19.1. The maximum absolute atomic E-state index is 13.3. The molecule has 0 aromatic heterocycles. The quantitative estimate of drug-likeness (QED) is 0.907. The number of aryl methyl sites for hydroxylation is 1. The fourth-order valence-electron chi connectivity index (χ4n) is 1.79. The molecule has 2 rings (SSSR count). The largest absolute Gasteiger partial charge is 0.367 e. The summed E-state index contributed by atoms with van der Waals surface area (Å²) in [4.78, 5) is 11.7. The number of rotatable bonds is 5. The third kappa shape index (κ3) is 4.17. The van der Waals surface area contributed by atoms with Gasteiger partial charge in [0.1, 0.15) is 12.4 Å². The molecule has 4 heteroatoms. The van der Waals surface area contributed by atoms with Crippen LogP contribution in [0.25, 0.3) is 0 Å². The first kappa shape index (κ1) is 14.2. The first-order chi connectivity index (χ1) is 9.65. The topological polar surface area (TPSA) is 38.3 Å². The summed E-state index contributed by atoms with van der Waals surface area (Å²) in [6.07, 6.45) is 0. The van der Waals surface area contributed by atoms with Crippen LogP contribution in [0, 0.1) is 12.7 Å². The Kier molecular flexibility index (Phi) is 4.85. The van der Waals surface area contributed by atoms with Crippen molar-refractivity contribution in [2.45, 2.75) is 13.5 Å². The van der Waals surface area contributed by atoms with Crippen LogP contribution in [0.3, 0.4) is 0 Å².